The molecular formula is C55H45ClF8N4O6S2. The molecule has 0 saturated carbocycles. The molecule has 0 saturated heterocycles. The number of nitrogens with zero attached hydrogens (tertiary/aromatic N) is 2. The summed E-state index contributed by atoms with van der Waals surface area (Å²) in [6.45, 7) is -1.04. The smallest absolute Gasteiger partial charge is 0.347 e. The quantitative estimate of drug-likeness (QED) is 0.0497. The number of anilines is 2. The second-order valence-electron chi connectivity index (χ2n) is 16.8. The summed E-state index contributed by atoms with van der Waals surface area (Å²) in [6, 6.07) is 45.0. The van der Waals surface area contributed by atoms with E-state index in [1.165, 1.54) is 48.2 Å². The van der Waals surface area contributed by atoms with Crippen LogP contribution in [0, 0.1) is 11.6 Å². The summed E-state index contributed by atoms with van der Waals surface area (Å²) >= 11 is 1.52. The summed E-state index contributed by atoms with van der Waals surface area (Å²) in [5.74, 6) is -5.93. The highest BCUT2D eigenvalue weighted by molar-refractivity contribution is 8.13. The molecule has 2 atom stereocenters. The average Bonchev–Trinajstić information content (AvgIpc) is 3.39. The maximum absolute atomic E-state index is 13.7. The molecule has 7 aromatic rings. The van der Waals surface area contributed by atoms with Crippen molar-refractivity contribution in [3.8, 4) is 0 Å². The van der Waals surface area contributed by atoms with Crippen LogP contribution in [0.4, 0.5) is 46.5 Å². The van der Waals surface area contributed by atoms with Gasteiger partial charge in [0.15, 0.2) is 0 Å². The van der Waals surface area contributed by atoms with Gasteiger partial charge in [-0.3, -0.25) is 19.2 Å². The number of benzene rings is 7. The third kappa shape index (κ3) is 17.5. The van der Waals surface area contributed by atoms with Crippen molar-refractivity contribution >= 4 is 66.5 Å². The Bertz CT molecular complexity index is 3140. The van der Waals surface area contributed by atoms with Crippen LogP contribution in [0.25, 0.3) is 0 Å². The van der Waals surface area contributed by atoms with Crippen LogP contribution in [0.2, 0.25) is 0 Å². The van der Waals surface area contributed by atoms with Crippen LogP contribution in [0.15, 0.2) is 198 Å². The first-order chi connectivity index (χ1) is 36.0. The molecule has 0 aliphatic heterocycles. The normalized spacial score (nSPS) is 12.3. The Balaban J connectivity index is 0.000000248. The summed E-state index contributed by atoms with van der Waals surface area (Å²) in [6.07, 6.45) is -10.2. The molecule has 0 heterocycles. The molecule has 4 amide bonds. The van der Waals surface area contributed by atoms with Gasteiger partial charge in [0, 0.05) is 56.9 Å². The molecule has 2 N–H and O–H groups in total. The molecule has 0 aliphatic rings. The summed E-state index contributed by atoms with van der Waals surface area (Å²) in [7, 11) is 1.12. The summed E-state index contributed by atoms with van der Waals surface area (Å²) in [4.78, 5) is 52.1. The van der Waals surface area contributed by atoms with Crippen molar-refractivity contribution in [2.45, 2.75) is 52.8 Å². The number of thioether (sulfide) groups is 1. The van der Waals surface area contributed by atoms with Crippen LogP contribution in [0.5, 0.6) is 0 Å². The highest BCUT2D eigenvalue weighted by Gasteiger charge is 2.45. The summed E-state index contributed by atoms with van der Waals surface area (Å²) in [5.41, 5.74) is 2.55. The van der Waals surface area contributed by atoms with Crippen LogP contribution >= 0.6 is 22.4 Å². The maximum Gasteiger partial charge on any atom is 0.471 e. The van der Waals surface area contributed by atoms with Crippen LogP contribution in [-0.2, 0) is 37.2 Å². The highest BCUT2D eigenvalue weighted by atomic mass is 35.7. The number of carbonyl (C=O) groups excluding carboxylic acids is 4. The number of hydrogen-bond donors (Lipinski definition) is 2. The second kappa shape index (κ2) is 26.3. The van der Waals surface area contributed by atoms with Crippen molar-refractivity contribution in [3.05, 3.63) is 228 Å². The largest absolute Gasteiger partial charge is 0.471 e. The fraction of sp³-hybridized carbons (Fsp3) is 0.164. The molecule has 0 bridgehead atoms. The highest BCUT2D eigenvalue weighted by Crippen LogP contribution is 2.30. The Morgan fingerprint density at radius 1 is 0.487 bits per heavy atom. The Morgan fingerprint density at radius 3 is 1.17 bits per heavy atom. The van der Waals surface area contributed by atoms with E-state index < -0.39 is 81.8 Å². The molecule has 0 fully saturated rings. The Hall–Kier alpha value is -7.55. The van der Waals surface area contributed by atoms with Gasteiger partial charge in [-0.2, -0.15) is 26.3 Å². The van der Waals surface area contributed by atoms with Gasteiger partial charge in [0.1, 0.15) is 11.6 Å². The van der Waals surface area contributed by atoms with E-state index >= 15 is 0 Å². The molecule has 7 aromatic carbocycles. The average molecular weight is 1110 g/mol. The lowest BCUT2D eigenvalue weighted by Crippen LogP contribution is -2.50. The minimum absolute atomic E-state index is 0.0560. The van der Waals surface area contributed by atoms with Gasteiger partial charge in [-0.25, -0.2) is 17.2 Å². The van der Waals surface area contributed by atoms with Crippen LogP contribution < -0.4 is 20.4 Å². The number of amides is 4. The lowest BCUT2D eigenvalue weighted by Gasteiger charge is -2.29. The van der Waals surface area contributed by atoms with Gasteiger partial charge in [-0.15, -0.1) is 11.8 Å². The Kier molecular flexibility index (Phi) is 20.0. The number of carbonyl (C=O) groups is 4. The first kappa shape index (κ1) is 57.7. The van der Waals surface area contributed by atoms with Gasteiger partial charge in [0.25, 0.3) is 20.9 Å². The van der Waals surface area contributed by atoms with Gasteiger partial charge < -0.3 is 20.4 Å². The number of alkyl halides is 6. The number of rotatable bonds is 18. The van der Waals surface area contributed by atoms with E-state index in [2.05, 4.69) is 10.6 Å². The van der Waals surface area contributed by atoms with Gasteiger partial charge >= 0.3 is 24.2 Å². The van der Waals surface area contributed by atoms with E-state index in [9.17, 15) is 62.7 Å². The SMILES string of the molecule is O=C(N[C@@H](Cc1ccccc1)CN(C(=O)C(F)(F)F)c1ccc(S(=O)(=O)Cl)cc1)c1ccc(F)cc1.O=C(N[C@@H](Cc1ccccc1)CN(C(=O)C(F)(F)F)c1ccc(SCc2ccccc2)cc1)c1ccc(F)cc1. The molecule has 396 valence electrons. The minimum Gasteiger partial charge on any atom is -0.347 e. The summed E-state index contributed by atoms with van der Waals surface area (Å²) < 4.78 is 131. The number of halogens is 9. The first-order valence-electron chi connectivity index (χ1n) is 22.8. The standard InChI is InChI=1S/C31H26F4N2O2S.C24H19ClF4N2O4S/c32-25-13-11-24(12-14-25)29(38)36-26(19-22-7-3-1-4-8-22)20-37(30(39)31(33,34)35)27-15-17-28(18-16-27)40-21-23-9-5-2-6-10-23;25-36(34,35)21-12-10-20(11-13-21)31(23(33)24(27,28)29)15-19(14-16-4-2-1-3-5-16)30-22(32)17-6-8-18(26)9-7-17/h1-18,26H,19-21H2,(H,36,38);1-13,19H,14-15H2,(H,30,32)/t26-;19-/m00/s1. The van der Waals surface area contributed by atoms with Gasteiger partial charge in [-0.1, -0.05) is 91.0 Å². The second-order valence-corrected chi connectivity index (χ2v) is 20.4. The molecular weight excluding hydrogens is 1060 g/mol. The van der Waals surface area contributed by atoms with E-state index in [0.717, 1.165) is 64.6 Å². The first-order valence-corrected chi connectivity index (χ1v) is 26.1. The Morgan fingerprint density at radius 2 is 0.829 bits per heavy atom. The van der Waals surface area contributed by atoms with Crippen LogP contribution in [0.3, 0.4) is 0 Å². The molecule has 0 aliphatic carbocycles. The molecule has 10 nitrogen and oxygen atoms in total. The van der Waals surface area contributed by atoms with Crippen molar-refractivity contribution < 1.29 is 62.7 Å². The van der Waals surface area contributed by atoms with Crippen molar-refractivity contribution in [2.24, 2.45) is 0 Å². The minimum atomic E-state index is -5.25. The van der Waals surface area contributed by atoms with E-state index in [1.54, 1.807) is 72.8 Å². The topological polar surface area (TPSA) is 133 Å². The molecule has 0 aromatic heterocycles. The van der Waals surface area contributed by atoms with Crippen molar-refractivity contribution in [1.82, 2.24) is 10.6 Å². The fourth-order valence-electron chi connectivity index (χ4n) is 7.47. The number of hydrogen-bond acceptors (Lipinski definition) is 7. The van der Waals surface area contributed by atoms with Gasteiger partial charge in [0.2, 0.25) is 0 Å². The summed E-state index contributed by atoms with van der Waals surface area (Å²) in [5, 5.41) is 5.33. The number of nitrogens with one attached hydrogen (secondary N) is 2. The van der Waals surface area contributed by atoms with Crippen molar-refractivity contribution in [2.75, 3.05) is 22.9 Å². The van der Waals surface area contributed by atoms with Gasteiger partial charge in [0.05, 0.1) is 17.0 Å². The fourth-order valence-corrected chi connectivity index (χ4v) is 9.09. The van der Waals surface area contributed by atoms with E-state index in [-0.39, 0.29) is 40.2 Å². The Labute approximate surface area is 441 Å². The zero-order valence-corrected chi connectivity index (χ0v) is 42.0. The van der Waals surface area contributed by atoms with E-state index in [0.29, 0.717) is 21.1 Å². The third-order valence-corrected chi connectivity index (χ3v) is 13.6. The molecule has 7 rings (SSSR count). The lowest BCUT2D eigenvalue weighted by atomic mass is 10.0. The van der Waals surface area contributed by atoms with E-state index in [4.69, 9.17) is 10.7 Å². The van der Waals surface area contributed by atoms with Gasteiger partial charge in [-0.05, 0) is 127 Å². The van der Waals surface area contributed by atoms with Crippen molar-refractivity contribution in [3.63, 3.8) is 0 Å². The van der Waals surface area contributed by atoms with E-state index in [1.807, 2.05) is 30.3 Å². The zero-order chi connectivity index (χ0) is 55.0. The predicted octanol–water partition coefficient (Wildman–Crippen LogP) is 11.7. The molecule has 0 spiro atoms. The molecule has 0 unspecified atom stereocenters. The van der Waals surface area contributed by atoms with Crippen LogP contribution in [0.1, 0.15) is 37.4 Å². The maximum atomic E-state index is 13.7. The predicted molar refractivity (Wildman–Crippen MR) is 274 cm³/mol. The van der Waals surface area contributed by atoms with Crippen LogP contribution in [-0.4, -0.2) is 69.6 Å². The molecule has 76 heavy (non-hydrogen) atoms. The monoisotopic (exact) mass is 1110 g/mol. The van der Waals surface area contributed by atoms with Crippen molar-refractivity contribution in [1.29, 1.82) is 0 Å². The zero-order valence-electron chi connectivity index (χ0n) is 39.7. The third-order valence-electron chi connectivity index (χ3n) is 11.1. The molecule has 21 heteroatoms. The molecule has 0 radical (unpaired) electrons. The lowest BCUT2D eigenvalue weighted by molar-refractivity contribution is -0.170.